The number of nitrogens with zero attached hydrogens (tertiary/aromatic N) is 4. The summed E-state index contributed by atoms with van der Waals surface area (Å²) in [5.74, 6) is 4.96. The van der Waals surface area contributed by atoms with Crippen molar-refractivity contribution in [1.82, 2.24) is 20.1 Å². The van der Waals surface area contributed by atoms with Crippen molar-refractivity contribution in [3.8, 4) is 34.9 Å². The van der Waals surface area contributed by atoms with E-state index in [0.717, 1.165) is 22.4 Å². The molecule has 146 valence electrons. The number of benzene rings is 1. The average Bonchev–Trinajstić information content (AvgIpc) is 3.12. The predicted molar refractivity (Wildman–Crippen MR) is 124 cm³/mol. The molecular weight excluding hydrogens is 402 g/mol. The van der Waals surface area contributed by atoms with Gasteiger partial charge < -0.3 is 5.32 Å². The van der Waals surface area contributed by atoms with Crippen LogP contribution in [0.25, 0.3) is 28.3 Å². The summed E-state index contributed by atoms with van der Waals surface area (Å²) in [7, 11) is 0. The number of hydrogen-bond donors (Lipinski definition) is 1. The maximum Gasteiger partial charge on any atom is 0.165 e. The fourth-order valence-electron chi connectivity index (χ4n) is 2.73. The van der Waals surface area contributed by atoms with Crippen LogP contribution in [0.15, 0.2) is 54.2 Å². The Labute approximate surface area is 179 Å². The smallest absolute Gasteiger partial charge is 0.165 e. The number of hydrogen-bond acceptors (Lipinski definition) is 5. The molecule has 3 aromatic rings. The SMILES string of the molecule is C#CCSCNC(=C)n1nc(-c2ccc(C)cn2)c(-c2ccc(Cl)cc2)c1N=C. The topological polar surface area (TPSA) is 55.1 Å². The summed E-state index contributed by atoms with van der Waals surface area (Å²) in [5.41, 5.74) is 4.22. The minimum Gasteiger partial charge on any atom is -0.361 e. The Morgan fingerprint density at radius 3 is 2.69 bits per heavy atom. The number of rotatable bonds is 8. The standard InChI is InChI=1S/C22H20ClN5S/c1-5-12-29-14-26-16(3)28-22(24-4)20(17-7-9-18(23)10-8-17)21(27-28)19-11-6-15(2)13-25-19/h1,6-11,13,26H,3-4,12,14H2,2H3. The lowest BCUT2D eigenvalue weighted by Gasteiger charge is -2.10. The molecule has 0 radical (unpaired) electrons. The van der Waals surface area contributed by atoms with E-state index in [0.29, 0.717) is 34.0 Å². The molecule has 29 heavy (non-hydrogen) atoms. The van der Waals surface area contributed by atoms with Gasteiger partial charge in [0.25, 0.3) is 0 Å². The molecular formula is C22H20ClN5S. The lowest BCUT2D eigenvalue weighted by molar-refractivity contribution is 0.835. The number of halogens is 1. The van der Waals surface area contributed by atoms with E-state index in [1.54, 1.807) is 16.4 Å². The second kappa shape index (κ2) is 9.46. The minimum absolute atomic E-state index is 0.573. The lowest BCUT2D eigenvalue weighted by Crippen LogP contribution is -2.16. The molecule has 2 aromatic heterocycles. The summed E-state index contributed by atoms with van der Waals surface area (Å²) in [6.07, 6.45) is 7.11. The first-order chi connectivity index (χ1) is 14.0. The molecule has 0 spiro atoms. The van der Waals surface area contributed by atoms with Gasteiger partial charge in [0, 0.05) is 11.2 Å². The lowest BCUT2D eigenvalue weighted by atomic mass is 10.0. The maximum atomic E-state index is 6.08. The molecule has 7 heteroatoms. The molecule has 5 nitrogen and oxygen atoms in total. The molecule has 1 aromatic carbocycles. The summed E-state index contributed by atoms with van der Waals surface area (Å²) >= 11 is 7.65. The molecule has 0 fully saturated rings. The Morgan fingerprint density at radius 2 is 2.07 bits per heavy atom. The van der Waals surface area contributed by atoms with E-state index in [1.807, 2.05) is 49.5 Å². The summed E-state index contributed by atoms with van der Waals surface area (Å²) < 4.78 is 1.64. The Bertz CT molecular complexity index is 1060. The van der Waals surface area contributed by atoms with Gasteiger partial charge >= 0.3 is 0 Å². The Kier molecular flexibility index (Phi) is 6.76. The normalized spacial score (nSPS) is 10.4. The van der Waals surface area contributed by atoms with Gasteiger partial charge in [0.15, 0.2) is 5.82 Å². The Hall–Kier alpha value is -3.01. The third-order valence-corrected chi connectivity index (χ3v) is 5.09. The predicted octanol–water partition coefficient (Wildman–Crippen LogP) is 5.25. The van der Waals surface area contributed by atoms with Crippen LogP contribution in [0.2, 0.25) is 5.02 Å². The fraction of sp³-hybridized carbons (Fsp3) is 0.136. The van der Waals surface area contributed by atoms with Crippen LogP contribution in [-0.2, 0) is 0 Å². The van der Waals surface area contributed by atoms with Crippen molar-refractivity contribution in [2.24, 2.45) is 4.99 Å². The molecule has 0 atom stereocenters. The first-order valence-corrected chi connectivity index (χ1v) is 10.3. The third-order valence-electron chi connectivity index (χ3n) is 4.12. The number of terminal acetylenes is 1. The fourth-order valence-corrected chi connectivity index (χ4v) is 3.35. The Morgan fingerprint density at radius 1 is 1.31 bits per heavy atom. The molecule has 0 saturated heterocycles. The molecule has 1 N–H and O–H groups in total. The van der Waals surface area contributed by atoms with E-state index in [1.165, 1.54) is 0 Å². The van der Waals surface area contributed by atoms with E-state index >= 15 is 0 Å². The summed E-state index contributed by atoms with van der Waals surface area (Å²) in [4.78, 5) is 8.79. The van der Waals surface area contributed by atoms with E-state index in [-0.39, 0.29) is 0 Å². The monoisotopic (exact) mass is 421 g/mol. The zero-order valence-electron chi connectivity index (χ0n) is 16.0. The summed E-state index contributed by atoms with van der Waals surface area (Å²) in [6.45, 7) is 9.84. The van der Waals surface area contributed by atoms with Gasteiger partial charge in [0.05, 0.1) is 22.9 Å². The molecule has 0 bridgehead atoms. The van der Waals surface area contributed by atoms with E-state index in [9.17, 15) is 0 Å². The van der Waals surface area contributed by atoms with Crippen molar-refractivity contribution in [3.05, 3.63) is 59.8 Å². The van der Waals surface area contributed by atoms with Crippen molar-refractivity contribution in [2.45, 2.75) is 6.92 Å². The van der Waals surface area contributed by atoms with Gasteiger partial charge in [-0.25, -0.2) is 4.99 Å². The number of nitrogens with one attached hydrogen (secondary N) is 1. The average molecular weight is 422 g/mol. The molecule has 2 heterocycles. The highest BCUT2D eigenvalue weighted by Gasteiger charge is 2.22. The van der Waals surface area contributed by atoms with E-state index in [2.05, 4.69) is 34.5 Å². The minimum atomic E-state index is 0.573. The van der Waals surface area contributed by atoms with Gasteiger partial charge in [-0.2, -0.15) is 9.78 Å². The van der Waals surface area contributed by atoms with E-state index in [4.69, 9.17) is 23.1 Å². The Balaban J connectivity index is 2.10. The zero-order valence-corrected chi connectivity index (χ0v) is 17.6. The van der Waals surface area contributed by atoms with Crippen molar-refractivity contribution in [1.29, 1.82) is 0 Å². The van der Waals surface area contributed by atoms with Crippen molar-refractivity contribution in [3.63, 3.8) is 0 Å². The van der Waals surface area contributed by atoms with Crippen LogP contribution < -0.4 is 5.32 Å². The van der Waals surface area contributed by atoms with E-state index < -0.39 is 0 Å². The number of aromatic nitrogens is 3. The second-order valence-electron chi connectivity index (χ2n) is 6.17. The molecule has 3 rings (SSSR count). The molecule has 0 amide bonds. The van der Waals surface area contributed by atoms with Crippen LogP contribution in [0, 0.1) is 19.3 Å². The number of pyridine rings is 1. The van der Waals surface area contributed by atoms with Gasteiger partial charge in [0.1, 0.15) is 11.5 Å². The largest absolute Gasteiger partial charge is 0.361 e. The van der Waals surface area contributed by atoms with Crippen LogP contribution in [0.3, 0.4) is 0 Å². The van der Waals surface area contributed by atoms with Gasteiger partial charge in [-0.1, -0.05) is 42.3 Å². The van der Waals surface area contributed by atoms with Crippen LogP contribution in [0.1, 0.15) is 5.56 Å². The highest BCUT2D eigenvalue weighted by atomic mass is 35.5. The summed E-state index contributed by atoms with van der Waals surface area (Å²) in [6, 6.07) is 11.4. The van der Waals surface area contributed by atoms with Gasteiger partial charge in [-0.05, 0) is 43.0 Å². The van der Waals surface area contributed by atoms with Crippen molar-refractivity contribution < 1.29 is 0 Å². The van der Waals surface area contributed by atoms with Gasteiger partial charge in [-0.3, -0.25) is 4.98 Å². The van der Waals surface area contributed by atoms with Crippen LogP contribution >= 0.6 is 23.4 Å². The summed E-state index contributed by atoms with van der Waals surface area (Å²) in [5, 5.41) is 8.62. The van der Waals surface area contributed by atoms with Gasteiger partial charge in [-0.15, -0.1) is 18.2 Å². The highest BCUT2D eigenvalue weighted by Crippen LogP contribution is 2.39. The van der Waals surface area contributed by atoms with Crippen LogP contribution in [0.4, 0.5) is 5.82 Å². The quantitative estimate of drug-likeness (QED) is 0.233. The highest BCUT2D eigenvalue weighted by molar-refractivity contribution is 7.99. The molecule has 0 saturated carbocycles. The van der Waals surface area contributed by atoms with Crippen LogP contribution in [-0.4, -0.2) is 33.1 Å². The molecule has 0 aliphatic heterocycles. The number of aryl methyl sites for hydroxylation is 1. The molecule has 0 unspecified atom stereocenters. The van der Waals surface area contributed by atoms with Crippen LogP contribution in [0.5, 0.6) is 0 Å². The molecule has 0 aliphatic carbocycles. The first-order valence-electron chi connectivity index (χ1n) is 8.78. The first kappa shape index (κ1) is 20.7. The number of thioether (sulfide) groups is 1. The third kappa shape index (κ3) is 4.70. The van der Waals surface area contributed by atoms with Crippen molar-refractivity contribution in [2.75, 3.05) is 11.6 Å². The zero-order chi connectivity index (χ0) is 20.8. The number of aliphatic imine (C=N–C) groups is 1. The maximum absolute atomic E-state index is 6.08. The van der Waals surface area contributed by atoms with Crippen molar-refractivity contribution >= 4 is 41.7 Å². The second-order valence-corrected chi connectivity index (χ2v) is 7.59. The van der Waals surface area contributed by atoms with Gasteiger partial charge in [0.2, 0.25) is 0 Å². The molecule has 0 aliphatic rings.